The van der Waals surface area contributed by atoms with Gasteiger partial charge in [-0.05, 0) is 61.4 Å². The molecule has 4 aromatic rings. The summed E-state index contributed by atoms with van der Waals surface area (Å²) >= 11 is 0. The maximum absolute atomic E-state index is 12.4. The maximum atomic E-state index is 12.4. The Kier molecular flexibility index (Phi) is 5.68. The van der Waals surface area contributed by atoms with Crippen molar-refractivity contribution in [2.45, 2.75) is 13.8 Å². The molecule has 0 saturated carbocycles. The molecule has 0 aliphatic heterocycles. The third-order valence-corrected chi connectivity index (χ3v) is 5.60. The van der Waals surface area contributed by atoms with Crippen molar-refractivity contribution in [2.75, 3.05) is 13.2 Å². The highest BCUT2D eigenvalue weighted by Gasteiger charge is 2.16. The highest BCUT2D eigenvalue weighted by atomic mass is 31.1. The zero-order valence-corrected chi connectivity index (χ0v) is 17.4. The van der Waals surface area contributed by atoms with Crippen molar-refractivity contribution in [3.05, 3.63) is 71.2 Å². The monoisotopic (exact) mass is 426 g/mol. The van der Waals surface area contributed by atoms with Gasteiger partial charge in [-0.3, -0.25) is 14.2 Å². The number of furan rings is 2. The van der Waals surface area contributed by atoms with Gasteiger partial charge in [-0.1, -0.05) is 0 Å². The van der Waals surface area contributed by atoms with E-state index in [0.29, 0.717) is 22.3 Å². The summed E-state index contributed by atoms with van der Waals surface area (Å²) in [5, 5.41) is 1.59. The zero-order valence-electron chi connectivity index (χ0n) is 16.4. The van der Waals surface area contributed by atoms with E-state index in [9.17, 15) is 14.2 Å². The number of carbonyl (C=O) groups excluding carboxylic acids is 2. The first-order valence-corrected chi connectivity index (χ1v) is 10.5. The molecule has 0 atom stereocenters. The first-order valence-electron chi connectivity index (χ1n) is 9.24. The van der Waals surface area contributed by atoms with Crippen molar-refractivity contribution in [2.24, 2.45) is 0 Å². The molecule has 4 rings (SSSR count). The normalized spacial score (nSPS) is 11.6. The zero-order chi connectivity index (χ0) is 21.3. The number of hydrogen-bond donors (Lipinski definition) is 0. The summed E-state index contributed by atoms with van der Waals surface area (Å²) in [4.78, 5) is 24.9. The van der Waals surface area contributed by atoms with E-state index in [1.54, 1.807) is 62.8 Å². The molecule has 30 heavy (non-hydrogen) atoms. The van der Waals surface area contributed by atoms with Gasteiger partial charge in [0.1, 0.15) is 24.4 Å². The lowest BCUT2D eigenvalue weighted by atomic mass is 10.0. The molecule has 2 aromatic carbocycles. The fourth-order valence-corrected chi connectivity index (χ4v) is 3.85. The molecule has 2 heterocycles. The van der Waals surface area contributed by atoms with Gasteiger partial charge >= 0.3 is 8.25 Å². The molecule has 7 nitrogen and oxygen atoms in total. The van der Waals surface area contributed by atoms with Gasteiger partial charge in [0.15, 0.2) is 11.6 Å². The molecule has 0 fully saturated rings. The number of carbonyl (C=O) groups is 2. The average Bonchev–Trinajstić information content (AvgIpc) is 3.37. The number of fused-ring (bicyclic) bond motifs is 2. The molecule has 0 saturated heterocycles. The molecular weight excluding hydrogens is 407 g/mol. The SMILES string of the molecule is Cc1cc2occc2cc1C(=O)CO[PH](=O)OCC(=O)c1cc2ccoc2cc1C. The molecular formula is C22H19O7P. The van der Waals surface area contributed by atoms with Crippen molar-refractivity contribution in [3.63, 3.8) is 0 Å². The van der Waals surface area contributed by atoms with Crippen molar-refractivity contribution in [3.8, 4) is 0 Å². The maximum Gasteiger partial charge on any atom is 0.320 e. The number of Topliss-reactive ketones (excluding diaryl/α,β-unsaturated/α-hetero) is 2. The lowest BCUT2D eigenvalue weighted by Crippen LogP contribution is -2.10. The molecule has 0 aliphatic rings. The highest BCUT2D eigenvalue weighted by Crippen LogP contribution is 2.27. The lowest BCUT2D eigenvalue weighted by molar-refractivity contribution is 0.0877. The Morgan fingerprint density at radius 2 is 1.23 bits per heavy atom. The molecule has 0 bridgehead atoms. The smallest absolute Gasteiger partial charge is 0.320 e. The summed E-state index contributed by atoms with van der Waals surface area (Å²) in [6.07, 6.45) is 3.09. The van der Waals surface area contributed by atoms with E-state index in [2.05, 4.69) is 0 Å². The van der Waals surface area contributed by atoms with Crippen LogP contribution in [-0.4, -0.2) is 24.8 Å². The van der Waals surface area contributed by atoms with Crippen molar-refractivity contribution in [1.82, 2.24) is 0 Å². The molecule has 0 N–H and O–H groups in total. The summed E-state index contributed by atoms with van der Waals surface area (Å²) in [6.45, 7) is 2.76. The Balaban J connectivity index is 1.33. The molecule has 2 aromatic heterocycles. The Bertz CT molecular complexity index is 1180. The summed E-state index contributed by atoms with van der Waals surface area (Å²) in [5.74, 6) is -0.657. The fraction of sp³-hybridized carbons (Fsp3) is 0.182. The predicted molar refractivity (Wildman–Crippen MR) is 111 cm³/mol. The number of aryl methyl sites for hydroxylation is 2. The molecule has 0 aliphatic carbocycles. The van der Waals surface area contributed by atoms with Gasteiger partial charge in [-0.15, -0.1) is 0 Å². The van der Waals surface area contributed by atoms with Crippen molar-refractivity contribution < 1.29 is 32.0 Å². The van der Waals surface area contributed by atoms with Crippen LogP contribution in [-0.2, 0) is 13.6 Å². The van der Waals surface area contributed by atoms with Crippen LogP contribution in [0, 0.1) is 13.8 Å². The Morgan fingerprint density at radius 3 is 1.67 bits per heavy atom. The molecule has 0 spiro atoms. The minimum absolute atomic E-state index is 0.329. The Hall–Kier alpha value is -2.99. The standard InChI is InChI=1S/C22H19O7P/c1-13-7-21-15(3-5-26-21)9-17(13)19(23)11-28-30(25)29-12-20(24)18-10-16-4-6-27-22(16)8-14(18)2/h3-10,30H,11-12H2,1-2H3. The molecule has 0 amide bonds. The largest absolute Gasteiger partial charge is 0.464 e. The summed E-state index contributed by atoms with van der Waals surface area (Å²) in [6, 6.07) is 10.5. The van der Waals surface area contributed by atoms with E-state index in [1.807, 2.05) is 0 Å². The summed E-state index contributed by atoms with van der Waals surface area (Å²) < 4.78 is 32.8. The van der Waals surface area contributed by atoms with Gasteiger partial charge in [-0.25, -0.2) is 0 Å². The van der Waals surface area contributed by atoms with Crippen LogP contribution in [0.1, 0.15) is 31.8 Å². The van der Waals surface area contributed by atoms with E-state index >= 15 is 0 Å². The van der Waals surface area contributed by atoms with Gasteiger partial charge in [0.05, 0.1) is 12.5 Å². The van der Waals surface area contributed by atoms with E-state index < -0.39 is 21.5 Å². The highest BCUT2D eigenvalue weighted by molar-refractivity contribution is 7.33. The van der Waals surface area contributed by atoms with Crippen LogP contribution in [0.15, 0.2) is 57.8 Å². The minimum atomic E-state index is -3.01. The van der Waals surface area contributed by atoms with Gasteiger partial charge in [0.25, 0.3) is 0 Å². The number of hydrogen-bond acceptors (Lipinski definition) is 7. The fourth-order valence-electron chi connectivity index (χ4n) is 3.27. The van der Waals surface area contributed by atoms with Crippen LogP contribution in [0.3, 0.4) is 0 Å². The first-order chi connectivity index (χ1) is 14.4. The average molecular weight is 426 g/mol. The van der Waals surface area contributed by atoms with Gasteiger partial charge in [0, 0.05) is 21.9 Å². The van der Waals surface area contributed by atoms with Gasteiger partial charge < -0.3 is 17.9 Å². The van der Waals surface area contributed by atoms with Crippen LogP contribution in [0.2, 0.25) is 0 Å². The molecule has 0 radical (unpaired) electrons. The Labute approximate surface area is 172 Å². The van der Waals surface area contributed by atoms with Gasteiger partial charge in [0.2, 0.25) is 0 Å². The quantitative estimate of drug-likeness (QED) is 0.279. The van der Waals surface area contributed by atoms with E-state index in [-0.39, 0.29) is 11.6 Å². The van der Waals surface area contributed by atoms with E-state index in [4.69, 9.17) is 17.9 Å². The second kappa shape index (κ2) is 8.40. The van der Waals surface area contributed by atoms with Crippen LogP contribution in [0.5, 0.6) is 0 Å². The topological polar surface area (TPSA) is 96.0 Å². The Morgan fingerprint density at radius 1 is 0.800 bits per heavy atom. The van der Waals surface area contributed by atoms with Crippen LogP contribution >= 0.6 is 8.25 Å². The van der Waals surface area contributed by atoms with Crippen molar-refractivity contribution in [1.29, 1.82) is 0 Å². The van der Waals surface area contributed by atoms with E-state index in [1.165, 1.54) is 0 Å². The predicted octanol–water partition coefficient (Wildman–Crippen LogP) is 5.28. The third-order valence-electron chi connectivity index (χ3n) is 4.84. The van der Waals surface area contributed by atoms with E-state index in [0.717, 1.165) is 21.9 Å². The summed E-state index contributed by atoms with van der Waals surface area (Å²) in [7, 11) is -3.01. The first kappa shape index (κ1) is 20.3. The van der Waals surface area contributed by atoms with Crippen LogP contribution in [0.4, 0.5) is 0 Å². The second-order valence-electron chi connectivity index (χ2n) is 6.92. The number of ketones is 2. The lowest BCUT2D eigenvalue weighted by Gasteiger charge is -2.08. The summed E-state index contributed by atoms with van der Waals surface area (Å²) in [5.41, 5.74) is 3.74. The minimum Gasteiger partial charge on any atom is -0.464 e. The number of benzene rings is 2. The van der Waals surface area contributed by atoms with Gasteiger partial charge in [-0.2, -0.15) is 0 Å². The molecule has 154 valence electrons. The van der Waals surface area contributed by atoms with Crippen LogP contribution in [0.25, 0.3) is 21.9 Å². The number of rotatable bonds is 8. The van der Waals surface area contributed by atoms with Crippen LogP contribution < -0.4 is 0 Å². The second-order valence-corrected chi connectivity index (χ2v) is 8.00. The molecule has 0 unspecified atom stereocenters. The molecule has 8 heteroatoms. The van der Waals surface area contributed by atoms with Crippen molar-refractivity contribution >= 4 is 41.8 Å². The third kappa shape index (κ3) is 4.14.